The van der Waals surface area contributed by atoms with Gasteiger partial charge in [0.2, 0.25) is 0 Å². The zero-order valence-electron chi connectivity index (χ0n) is 29.8. The summed E-state index contributed by atoms with van der Waals surface area (Å²) in [6.45, 7) is 0. The molecule has 4 heteroatoms. The van der Waals surface area contributed by atoms with Crippen LogP contribution in [-0.2, 0) is 0 Å². The Hall–Kier alpha value is -7.01. The van der Waals surface area contributed by atoms with Crippen molar-refractivity contribution >= 4 is 31.5 Å². The van der Waals surface area contributed by atoms with Crippen molar-refractivity contribution in [1.29, 1.82) is 0 Å². The number of fused-ring (bicyclic) bond motifs is 3. The maximum absolute atomic E-state index is 5.19. The van der Waals surface area contributed by atoms with Gasteiger partial charge in [0.25, 0.3) is 0 Å². The van der Waals surface area contributed by atoms with Crippen LogP contribution in [0.2, 0.25) is 0 Å². The van der Waals surface area contributed by atoms with Crippen molar-refractivity contribution in [2.45, 2.75) is 0 Å². The largest absolute Gasteiger partial charge is 0.208 e. The van der Waals surface area contributed by atoms with E-state index in [9.17, 15) is 0 Å². The van der Waals surface area contributed by atoms with Crippen LogP contribution in [0.5, 0.6) is 0 Å². The van der Waals surface area contributed by atoms with Gasteiger partial charge in [0.15, 0.2) is 17.5 Å². The molecule has 0 N–H and O–H groups in total. The van der Waals surface area contributed by atoms with Crippen LogP contribution in [0.3, 0.4) is 0 Å². The molecule has 10 rings (SSSR count). The van der Waals surface area contributed by atoms with E-state index in [1.807, 2.05) is 35.6 Å². The number of aromatic nitrogens is 3. The van der Waals surface area contributed by atoms with Crippen molar-refractivity contribution in [2.75, 3.05) is 0 Å². The zero-order valence-corrected chi connectivity index (χ0v) is 30.6. The topological polar surface area (TPSA) is 38.7 Å². The summed E-state index contributed by atoms with van der Waals surface area (Å²) in [4.78, 5) is 15.4. The van der Waals surface area contributed by atoms with Gasteiger partial charge in [-0.15, -0.1) is 11.3 Å². The third kappa shape index (κ3) is 6.29. The first-order valence-electron chi connectivity index (χ1n) is 18.4. The Morgan fingerprint density at radius 2 is 0.636 bits per heavy atom. The Kier molecular flexibility index (Phi) is 8.36. The highest BCUT2D eigenvalue weighted by Crippen LogP contribution is 2.44. The summed E-state index contributed by atoms with van der Waals surface area (Å²) in [6, 6.07) is 70.5. The second kappa shape index (κ2) is 14.1. The number of rotatable bonds is 7. The predicted octanol–water partition coefficient (Wildman–Crippen LogP) is 13.9. The van der Waals surface area contributed by atoms with Crippen LogP contribution in [0.1, 0.15) is 0 Å². The predicted molar refractivity (Wildman–Crippen MR) is 231 cm³/mol. The van der Waals surface area contributed by atoms with E-state index in [4.69, 9.17) is 15.0 Å². The maximum atomic E-state index is 5.19. The van der Waals surface area contributed by atoms with Crippen molar-refractivity contribution in [3.05, 3.63) is 200 Å². The Morgan fingerprint density at radius 1 is 0.255 bits per heavy atom. The van der Waals surface area contributed by atoms with Gasteiger partial charge in [-0.05, 0) is 62.7 Å². The van der Waals surface area contributed by atoms with Crippen LogP contribution in [-0.4, -0.2) is 15.0 Å². The Morgan fingerprint density at radius 3 is 1.25 bits per heavy atom. The van der Waals surface area contributed by atoms with Crippen LogP contribution >= 0.6 is 11.3 Å². The summed E-state index contributed by atoms with van der Waals surface area (Å²) >= 11 is 1.81. The molecule has 10 aromatic rings. The van der Waals surface area contributed by atoms with E-state index in [2.05, 4.69) is 176 Å². The lowest BCUT2D eigenvalue weighted by atomic mass is 9.96. The van der Waals surface area contributed by atoms with Crippen LogP contribution in [0.4, 0.5) is 0 Å². The standard InChI is InChI=1S/C51H33N3S/c1-4-14-34(15-5-1)36-28-30-37(31-29-36)39-20-10-22-41(32-39)43-24-12-25-44-45-26-13-27-46(48(45)55-47(43)44)51-53-49(38-18-8-3-9-19-38)52-50(54-51)42-23-11-21-40(33-42)35-16-6-2-7-17-35/h1-33H. The minimum Gasteiger partial charge on any atom is -0.208 e. The quantitative estimate of drug-likeness (QED) is 0.165. The Bertz CT molecular complexity index is 2950. The minimum atomic E-state index is 0.647. The maximum Gasteiger partial charge on any atom is 0.165 e. The van der Waals surface area contributed by atoms with E-state index in [0.717, 1.165) is 32.5 Å². The van der Waals surface area contributed by atoms with Gasteiger partial charge in [-0.2, -0.15) is 0 Å². The molecule has 2 heterocycles. The minimum absolute atomic E-state index is 0.647. The summed E-state index contributed by atoms with van der Waals surface area (Å²) in [7, 11) is 0. The fraction of sp³-hybridized carbons (Fsp3) is 0. The summed E-state index contributed by atoms with van der Waals surface area (Å²) in [5.74, 6) is 1.96. The van der Waals surface area contributed by atoms with Gasteiger partial charge in [-0.25, -0.2) is 15.0 Å². The lowest BCUT2D eigenvalue weighted by Crippen LogP contribution is -2.00. The van der Waals surface area contributed by atoms with Gasteiger partial charge in [-0.3, -0.25) is 0 Å². The number of hydrogen-bond acceptors (Lipinski definition) is 4. The van der Waals surface area contributed by atoms with Crippen LogP contribution in [0.25, 0.3) is 98.8 Å². The van der Waals surface area contributed by atoms with Crippen molar-refractivity contribution < 1.29 is 0 Å². The lowest BCUT2D eigenvalue weighted by molar-refractivity contribution is 1.08. The fourth-order valence-electron chi connectivity index (χ4n) is 7.39. The molecule has 0 saturated heterocycles. The van der Waals surface area contributed by atoms with Crippen molar-refractivity contribution in [3.8, 4) is 78.7 Å². The summed E-state index contributed by atoms with van der Waals surface area (Å²) < 4.78 is 2.40. The van der Waals surface area contributed by atoms with Gasteiger partial charge in [0.05, 0.1) is 0 Å². The fourth-order valence-corrected chi connectivity index (χ4v) is 8.73. The van der Waals surface area contributed by atoms with Crippen molar-refractivity contribution in [1.82, 2.24) is 15.0 Å². The smallest absolute Gasteiger partial charge is 0.165 e. The van der Waals surface area contributed by atoms with Crippen LogP contribution in [0, 0.1) is 0 Å². The van der Waals surface area contributed by atoms with E-state index in [1.54, 1.807) is 0 Å². The zero-order chi connectivity index (χ0) is 36.6. The lowest BCUT2D eigenvalue weighted by Gasteiger charge is -2.10. The molecular weight excluding hydrogens is 687 g/mol. The summed E-state index contributed by atoms with van der Waals surface area (Å²) in [6.07, 6.45) is 0. The molecule has 3 nitrogen and oxygen atoms in total. The van der Waals surface area contributed by atoms with Gasteiger partial charge in [-0.1, -0.05) is 182 Å². The van der Waals surface area contributed by atoms with E-state index in [1.165, 1.54) is 48.9 Å². The SMILES string of the molecule is c1ccc(-c2ccc(-c3cccc(-c4cccc5c4sc4c(-c6nc(-c7ccccc7)nc(-c7cccc(-c8ccccc8)c7)n6)cccc45)c3)cc2)cc1. The number of benzene rings is 8. The Balaban J connectivity index is 1.08. The number of hydrogen-bond donors (Lipinski definition) is 0. The molecule has 0 fully saturated rings. The molecule has 0 amide bonds. The second-order valence-electron chi connectivity index (χ2n) is 13.6. The average Bonchev–Trinajstić information content (AvgIpc) is 3.67. The van der Waals surface area contributed by atoms with E-state index in [-0.39, 0.29) is 0 Å². The van der Waals surface area contributed by atoms with Crippen molar-refractivity contribution in [2.24, 2.45) is 0 Å². The highest BCUT2D eigenvalue weighted by molar-refractivity contribution is 7.26. The van der Waals surface area contributed by atoms with Gasteiger partial charge in [0.1, 0.15) is 0 Å². The molecule has 0 saturated carbocycles. The molecule has 0 radical (unpaired) electrons. The van der Waals surface area contributed by atoms with Crippen LogP contribution < -0.4 is 0 Å². The highest BCUT2D eigenvalue weighted by Gasteiger charge is 2.18. The monoisotopic (exact) mass is 719 g/mol. The van der Waals surface area contributed by atoms with E-state index < -0.39 is 0 Å². The first-order valence-corrected chi connectivity index (χ1v) is 19.3. The van der Waals surface area contributed by atoms with Gasteiger partial charge < -0.3 is 0 Å². The first kappa shape index (κ1) is 32.6. The van der Waals surface area contributed by atoms with Gasteiger partial charge in [0, 0.05) is 36.9 Å². The Labute approximate surface area is 323 Å². The van der Waals surface area contributed by atoms with Crippen LogP contribution in [0.15, 0.2) is 200 Å². The number of nitrogens with zero attached hydrogens (tertiary/aromatic N) is 3. The second-order valence-corrected chi connectivity index (χ2v) is 14.6. The summed E-state index contributed by atoms with van der Waals surface area (Å²) in [5.41, 5.74) is 12.4. The molecule has 0 atom stereocenters. The van der Waals surface area contributed by atoms with Gasteiger partial charge >= 0.3 is 0 Å². The third-order valence-electron chi connectivity index (χ3n) is 10.2. The molecule has 0 bridgehead atoms. The molecule has 2 aromatic heterocycles. The molecule has 0 aliphatic carbocycles. The van der Waals surface area contributed by atoms with E-state index in [0.29, 0.717) is 17.5 Å². The van der Waals surface area contributed by atoms with E-state index >= 15 is 0 Å². The molecule has 0 aliphatic rings. The normalized spacial score (nSPS) is 11.3. The highest BCUT2D eigenvalue weighted by atomic mass is 32.1. The summed E-state index contributed by atoms with van der Waals surface area (Å²) in [5, 5.41) is 2.42. The average molecular weight is 720 g/mol. The molecule has 0 unspecified atom stereocenters. The molecule has 0 spiro atoms. The third-order valence-corrected chi connectivity index (χ3v) is 11.4. The number of thiophene rings is 1. The molecule has 8 aromatic carbocycles. The molecule has 0 aliphatic heterocycles. The molecule has 258 valence electrons. The van der Waals surface area contributed by atoms with Crippen molar-refractivity contribution in [3.63, 3.8) is 0 Å². The first-order chi connectivity index (χ1) is 27.2. The molecule has 55 heavy (non-hydrogen) atoms. The molecular formula is C51H33N3S.